The monoisotopic (exact) mass is 308 g/mol. The standard InChI is InChI=1S/C16H16N6O/c1-22-14-10(13(21-22)15(17)23)7-8-11-12(14)16(20-19-11)18-9-5-3-2-4-6-9/h2-6H,7-8H2,1H3,(H2,17,23)(H2,18,19,20). The Labute approximate surface area is 132 Å². The van der Waals surface area contributed by atoms with Crippen LogP contribution in [0, 0.1) is 0 Å². The van der Waals surface area contributed by atoms with Crippen molar-refractivity contribution >= 4 is 17.4 Å². The molecule has 4 rings (SSSR count). The third-order valence-electron chi connectivity index (χ3n) is 4.12. The largest absolute Gasteiger partial charge is 0.364 e. The second-order valence-corrected chi connectivity index (χ2v) is 5.58. The first-order valence-corrected chi connectivity index (χ1v) is 7.40. The van der Waals surface area contributed by atoms with E-state index < -0.39 is 5.91 Å². The van der Waals surface area contributed by atoms with Crippen LogP contribution in [0.4, 0.5) is 11.5 Å². The van der Waals surface area contributed by atoms with E-state index in [-0.39, 0.29) is 0 Å². The number of para-hydroxylation sites is 1. The number of anilines is 2. The normalized spacial score (nSPS) is 12.6. The summed E-state index contributed by atoms with van der Waals surface area (Å²) in [5, 5.41) is 15.1. The molecule has 0 unspecified atom stereocenters. The zero-order valence-corrected chi connectivity index (χ0v) is 12.6. The third kappa shape index (κ3) is 2.09. The smallest absolute Gasteiger partial charge is 0.269 e. The van der Waals surface area contributed by atoms with Crippen LogP contribution in [0.2, 0.25) is 0 Å². The highest BCUT2D eigenvalue weighted by atomic mass is 16.1. The van der Waals surface area contributed by atoms with Crippen molar-refractivity contribution in [1.82, 2.24) is 20.0 Å². The van der Waals surface area contributed by atoms with Crippen molar-refractivity contribution in [3.63, 3.8) is 0 Å². The maximum absolute atomic E-state index is 11.6. The van der Waals surface area contributed by atoms with E-state index >= 15 is 0 Å². The number of aromatic nitrogens is 4. The number of aromatic amines is 1. The number of hydrogen-bond donors (Lipinski definition) is 3. The van der Waals surface area contributed by atoms with E-state index in [0.29, 0.717) is 5.69 Å². The number of carbonyl (C=O) groups is 1. The number of aryl methyl sites for hydroxylation is 2. The topological polar surface area (TPSA) is 102 Å². The predicted octanol–water partition coefficient (Wildman–Crippen LogP) is 1.75. The second-order valence-electron chi connectivity index (χ2n) is 5.58. The molecule has 2 aromatic heterocycles. The Bertz CT molecular complexity index is 893. The van der Waals surface area contributed by atoms with E-state index in [4.69, 9.17) is 5.73 Å². The molecule has 7 nitrogen and oxygen atoms in total. The van der Waals surface area contributed by atoms with Gasteiger partial charge in [0.2, 0.25) is 0 Å². The van der Waals surface area contributed by atoms with E-state index in [1.807, 2.05) is 37.4 Å². The summed E-state index contributed by atoms with van der Waals surface area (Å²) in [6, 6.07) is 9.83. The average molecular weight is 308 g/mol. The molecule has 0 saturated carbocycles. The quantitative estimate of drug-likeness (QED) is 0.686. The molecule has 116 valence electrons. The molecule has 4 N–H and O–H groups in total. The number of hydrogen-bond acceptors (Lipinski definition) is 4. The molecule has 0 atom stereocenters. The van der Waals surface area contributed by atoms with Gasteiger partial charge in [-0.05, 0) is 25.0 Å². The minimum Gasteiger partial charge on any atom is -0.364 e. The summed E-state index contributed by atoms with van der Waals surface area (Å²) in [6.07, 6.45) is 1.50. The predicted molar refractivity (Wildman–Crippen MR) is 86.4 cm³/mol. The molecule has 7 heteroatoms. The van der Waals surface area contributed by atoms with Crippen molar-refractivity contribution in [3.05, 3.63) is 47.3 Å². The van der Waals surface area contributed by atoms with Gasteiger partial charge >= 0.3 is 0 Å². The molecule has 1 aromatic carbocycles. The average Bonchev–Trinajstić information content (AvgIpc) is 3.10. The molecule has 0 bridgehead atoms. The number of carbonyl (C=O) groups excluding carboxylic acids is 1. The van der Waals surface area contributed by atoms with Crippen LogP contribution in [-0.2, 0) is 19.9 Å². The zero-order chi connectivity index (χ0) is 16.0. The van der Waals surface area contributed by atoms with Crippen LogP contribution in [0.15, 0.2) is 30.3 Å². The molecule has 1 aliphatic rings. The minimum atomic E-state index is -0.494. The van der Waals surface area contributed by atoms with Crippen LogP contribution in [0.1, 0.15) is 21.7 Å². The molecule has 0 fully saturated rings. The Kier molecular flexibility index (Phi) is 2.94. The van der Waals surface area contributed by atoms with E-state index in [0.717, 1.165) is 46.9 Å². The van der Waals surface area contributed by atoms with Gasteiger partial charge in [-0.3, -0.25) is 14.6 Å². The van der Waals surface area contributed by atoms with Crippen LogP contribution in [0.5, 0.6) is 0 Å². The van der Waals surface area contributed by atoms with E-state index in [1.54, 1.807) is 4.68 Å². The molecule has 0 saturated heterocycles. The summed E-state index contributed by atoms with van der Waals surface area (Å²) in [6.45, 7) is 0. The molecule has 0 aliphatic heterocycles. The highest BCUT2D eigenvalue weighted by Crippen LogP contribution is 2.39. The molecular formula is C16H16N6O. The number of fused-ring (bicyclic) bond motifs is 3. The molecular weight excluding hydrogens is 292 g/mol. The summed E-state index contributed by atoms with van der Waals surface area (Å²) in [5.41, 5.74) is 10.5. The zero-order valence-electron chi connectivity index (χ0n) is 12.6. The van der Waals surface area contributed by atoms with Gasteiger partial charge < -0.3 is 11.1 Å². The van der Waals surface area contributed by atoms with Crippen molar-refractivity contribution < 1.29 is 4.79 Å². The summed E-state index contributed by atoms with van der Waals surface area (Å²) in [5.74, 6) is 0.234. The van der Waals surface area contributed by atoms with Crippen molar-refractivity contribution in [2.24, 2.45) is 12.8 Å². The van der Waals surface area contributed by atoms with Crippen LogP contribution in [0.25, 0.3) is 11.3 Å². The lowest BCUT2D eigenvalue weighted by atomic mass is 9.93. The summed E-state index contributed by atoms with van der Waals surface area (Å²) < 4.78 is 1.71. The first-order chi connectivity index (χ1) is 11.1. The van der Waals surface area contributed by atoms with Crippen molar-refractivity contribution in [2.45, 2.75) is 12.8 Å². The lowest BCUT2D eigenvalue weighted by Crippen LogP contribution is -2.15. The first-order valence-electron chi connectivity index (χ1n) is 7.40. The maximum Gasteiger partial charge on any atom is 0.269 e. The molecule has 3 aromatic rings. The van der Waals surface area contributed by atoms with Gasteiger partial charge in [0.15, 0.2) is 11.5 Å². The van der Waals surface area contributed by atoms with Crippen molar-refractivity contribution in [1.29, 1.82) is 0 Å². The lowest BCUT2D eigenvalue weighted by Gasteiger charge is -2.15. The minimum absolute atomic E-state index is 0.347. The summed E-state index contributed by atoms with van der Waals surface area (Å²) >= 11 is 0. The van der Waals surface area contributed by atoms with Gasteiger partial charge in [-0.25, -0.2) is 0 Å². The van der Waals surface area contributed by atoms with Gasteiger partial charge in [0.1, 0.15) is 0 Å². The fraction of sp³-hybridized carbons (Fsp3) is 0.188. The maximum atomic E-state index is 11.6. The number of nitrogens with two attached hydrogens (primary N) is 1. The lowest BCUT2D eigenvalue weighted by molar-refractivity contribution is 0.0994. The van der Waals surface area contributed by atoms with Gasteiger partial charge in [0.05, 0.1) is 11.3 Å². The number of H-pyrrole nitrogens is 1. The third-order valence-corrected chi connectivity index (χ3v) is 4.12. The molecule has 23 heavy (non-hydrogen) atoms. The van der Waals surface area contributed by atoms with Crippen molar-refractivity contribution in [2.75, 3.05) is 5.32 Å². The van der Waals surface area contributed by atoms with Gasteiger partial charge in [0.25, 0.3) is 5.91 Å². The van der Waals surface area contributed by atoms with Crippen LogP contribution in [0.3, 0.4) is 0 Å². The first kappa shape index (κ1) is 13.6. The highest BCUT2D eigenvalue weighted by Gasteiger charge is 2.30. The number of nitrogens with one attached hydrogen (secondary N) is 2. The molecule has 1 amide bonds. The Balaban J connectivity index is 1.84. The van der Waals surface area contributed by atoms with E-state index in [1.165, 1.54) is 0 Å². The van der Waals surface area contributed by atoms with E-state index in [2.05, 4.69) is 20.6 Å². The molecule has 0 spiro atoms. The van der Waals surface area contributed by atoms with Crippen LogP contribution >= 0.6 is 0 Å². The van der Waals surface area contributed by atoms with Gasteiger partial charge in [-0.2, -0.15) is 10.2 Å². The second kappa shape index (κ2) is 4.98. The Hall–Kier alpha value is -3.09. The van der Waals surface area contributed by atoms with Crippen LogP contribution < -0.4 is 11.1 Å². The summed E-state index contributed by atoms with van der Waals surface area (Å²) in [7, 11) is 1.82. The number of primary amides is 1. The van der Waals surface area contributed by atoms with E-state index in [9.17, 15) is 4.79 Å². The van der Waals surface area contributed by atoms with Gasteiger partial charge in [-0.1, -0.05) is 18.2 Å². The Morgan fingerprint density at radius 1 is 1.30 bits per heavy atom. The Morgan fingerprint density at radius 3 is 2.83 bits per heavy atom. The molecule has 2 heterocycles. The van der Waals surface area contributed by atoms with Gasteiger partial charge in [-0.15, -0.1) is 0 Å². The number of nitrogens with zero attached hydrogens (tertiary/aromatic N) is 3. The fourth-order valence-electron chi connectivity index (χ4n) is 3.13. The van der Waals surface area contributed by atoms with Gasteiger partial charge in [0, 0.05) is 24.0 Å². The van der Waals surface area contributed by atoms with Crippen LogP contribution in [-0.4, -0.2) is 25.9 Å². The molecule has 1 aliphatic carbocycles. The van der Waals surface area contributed by atoms with Crippen molar-refractivity contribution in [3.8, 4) is 11.3 Å². The number of amides is 1. The number of benzene rings is 1. The highest BCUT2D eigenvalue weighted by molar-refractivity contribution is 5.96. The fourth-order valence-corrected chi connectivity index (χ4v) is 3.13. The SMILES string of the molecule is Cn1nc(C(N)=O)c2c1-c1c(Nc3ccccc3)n[nH]c1CC2. The Morgan fingerprint density at radius 2 is 2.09 bits per heavy atom. The number of rotatable bonds is 3. The summed E-state index contributed by atoms with van der Waals surface area (Å²) in [4.78, 5) is 11.6. The molecule has 0 radical (unpaired) electrons.